The Labute approximate surface area is 81.6 Å². The van der Waals surface area contributed by atoms with Crippen LogP contribution in [-0.2, 0) is 10.0 Å². The van der Waals surface area contributed by atoms with E-state index in [-0.39, 0.29) is 17.1 Å². The summed E-state index contributed by atoms with van der Waals surface area (Å²) in [6.07, 6.45) is 3.83. The van der Waals surface area contributed by atoms with E-state index in [1.165, 1.54) is 6.39 Å². The van der Waals surface area contributed by atoms with Gasteiger partial charge in [0.2, 0.25) is 10.0 Å². The third-order valence-electron chi connectivity index (χ3n) is 3.14. The molecule has 0 spiro atoms. The van der Waals surface area contributed by atoms with Crippen molar-refractivity contribution in [2.45, 2.75) is 17.6 Å². The zero-order valence-electron chi connectivity index (χ0n) is 7.38. The molecule has 0 unspecified atom stereocenters. The molecule has 2 aliphatic rings. The van der Waals surface area contributed by atoms with Crippen LogP contribution in [0.4, 0.5) is 0 Å². The monoisotopic (exact) mass is 214 g/mol. The second kappa shape index (κ2) is 2.58. The number of nitrogens with zero attached hydrogens (tertiary/aromatic N) is 1. The molecule has 1 aliphatic heterocycles. The minimum atomic E-state index is -3.10. The van der Waals surface area contributed by atoms with Crippen LogP contribution in [0.3, 0.4) is 0 Å². The lowest BCUT2D eigenvalue weighted by Crippen LogP contribution is -2.41. The number of fused-ring (bicyclic) bond motifs is 1. The first-order valence-corrected chi connectivity index (χ1v) is 6.10. The minimum absolute atomic E-state index is 0.00231. The Morgan fingerprint density at radius 1 is 1.57 bits per heavy atom. The molecule has 1 aliphatic carbocycles. The summed E-state index contributed by atoms with van der Waals surface area (Å²) in [4.78, 5) is 3.81. The highest BCUT2D eigenvalue weighted by Crippen LogP contribution is 2.48. The zero-order chi connectivity index (χ0) is 9.76. The van der Waals surface area contributed by atoms with Crippen LogP contribution in [0, 0.1) is 5.92 Å². The molecule has 6 heteroatoms. The predicted octanol–water partition coefficient (Wildman–Crippen LogP) is 0.0797. The normalized spacial score (nSPS) is 39.0. The molecular formula is C8H10N2O3S. The van der Waals surface area contributed by atoms with Crippen LogP contribution in [-0.4, -0.2) is 25.2 Å². The molecule has 2 fully saturated rings. The van der Waals surface area contributed by atoms with E-state index in [1.807, 2.05) is 0 Å². The lowest BCUT2D eigenvalue weighted by atomic mass is 9.73. The van der Waals surface area contributed by atoms with Crippen molar-refractivity contribution in [2.75, 3.05) is 6.54 Å². The van der Waals surface area contributed by atoms with Gasteiger partial charge in [0.1, 0.15) is 5.76 Å². The molecule has 5 nitrogen and oxygen atoms in total. The number of nitrogens with one attached hydrogen (secondary N) is 1. The van der Waals surface area contributed by atoms with Crippen molar-refractivity contribution >= 4 is 10.0 Å². The molecule has 1 saturated carbocycles. The molecule has 2 heterocycles. The number of hydrogen-bond acceptors (Lipinski definition) is 4. The number of sulfonamides is 1. The summed E-state index contributed by atoms with van der Waals surface area (Å²) in [5, 5.41) is -0.296. The van der Waals surface area contributed by atoms with Gasteiger partial charge in [-0.05, 0) is 12.3 Å². The van der Waals surface area contributed by atoms with E-state index in [0.29, 0.717) is 12.3 Å². The quantitative estimate of drug-likeness (QED) is 0.718. The van der Waals surface area contributed by atoms with E-state index in [4.69, 9.17) is 4.42 Å². The summed E-state index contributed by atoms with van der Waals surface area (Å²) >= 11 is 0. The smallest absolute Gasteiger partial charge is 0.215 e. The second-order valence-electron chi connectivity index (χ2n) is 3.86. The Morgan fingerprint density at radius 3 is 3.07 bits per heavy atom. The lowest BCUT2D eigenvalue weighted by molar-refractivity contribution is 0.259. The molecule has 1 saturated heterocycles. The maximum atomic E-state index is 11.6. The van der Waals surface area contributed by atoms with Gasteiger partial charge >= 0.3 is 0 Å². The first-order valence-electron chi connectivity index (χ1n) is 4.55. The van der Waals surface area contributed by atoms with Gasteiger partial charge in [0.15, 0.2) is 6.39 Å². The Morgan fingerprint density at radius 2 is 2.43 bits per heavy atom. The highest BCUT2D eigenvalue weighted by Gasteiger charge is 2.55. The topological polar surface area (TPSA) is 72.2 Å². The van der Waals surface area contributed by atoms with Crippen molar-refractivity contribution in [1.82, 2.24) is 9.71 Å². The number of rotatable bonds is 1. The average molecular weight is 214 g/mol. The van der Waals surface area contributed by atoms with Crippen molar-refractivity contribution in [3.63, 3.8) is 0 Å². The molecule has 3 rings (SSSR count). The van der Waals surface area contributed by atoms with Crippen LogP contribution >= 0.6 is 0 Å². The van der Waals surface area contributed by atoms with Gasteiger partial charge in [0.25, 0.3) is 0 Å². The largest absolute Gasteiger partial charge is 0.448 e. The highest BCUT2D eigenvalue weighted by atomic mass is 32.2. The maximum absolute atomic E-state index is 11.6. The van der Waals surface area contributed by atoms with E-state index in [1.54, 1.807) is 6.20 Å². The molecular weight excluding hydrogens is 204 g/mol. The van der Waals surface area contributed by atoms with Gasteiger partial charge in [-0.3, -0.25) is 0 Å². The van der Waals surface area contributed by atoms with Crippen LogP contribution in [0.5, 0.6) is 0 Å². The van der Waals surface area contributed by atoms with Gasteiger partial charge in [0.05, 0.1) is 11.4 Å². The van der Waals surface area contributed by atoms with Crippen LogP contribution in [0.25, 0.3) is 0 Å². The number of oxazole rings is 1. The maximum Gasteiger partial charge on any atom is 0.215 e. The molecule has 0 amide bonds. The van der Waals surface area contributed by atoms with Crippen molar-refractivity contribution in [3.05, 3.63) is 18.4 Å². The van der Waals surface area contributed by atoms with Gasteiger partial charge in [-0.25, -0.2) is 18.1 Å². The lowest BCUT2D eigenvalue weighted by Gasteiger charge is -2.35. The van der Waals surface area contributed by atoms with Crippen LogP contribution in [0.2, 0.25) is 0 Å². The van der Waals surface area contributed by atoms with Crippen LogP contribution in [0.15, 0.2) is 17.0 Å². The first-order chi connectivity index (χ1) is 6.68. The zero-order valence-corrected chi connectivity index (χ0v) is 8.20. The Kier molecular flexibility index (Phi) is 1.55. The fourth-order valence-electron chi connectivity index (χ4n) is 2.40. The van der Waals surface area contributed by atoms with Gasteiger partial charge in [-0.2, -0.15) is 0 Å². The molecule has 1 aromatic heterocycles. The highest BCUT2D eigenvalue weighted by molar-refractivity contribution is 7.90. The fourth-order valence-corrected chi connectivity index (χ4v) is 4.43. The van der Waals surface area contributed by atoms with Crippen molar-refractivity contribution < 1.29 is 12.8 Å². The van der Waals surface area contributed by atoms with E-state index in [9.17, 15) is 8.42 Å². The summed E-state index contributed by atoms with van der Waals surface area (Å²) in [6.45, 7) is 0.581. The fraction of sp³-hybridized carbons (Fsp3) is 0.625. The summed E-state index contributed by atoms with van der Waals surface area (Å²) in [5.74, 6) is 0.955. The van der Waals surface area contributed by atoms with E-state index < -0.39 is 10.0 Å². The number of aromatic nitrogens is 1. The molecule has 76 valence electrons. The summed E-state index contributed by atoms with van der Waals surface area (Å²) < 4.78 is 30.8. The molecule has 1 aromatic rings. The second-order valence-corrected chi connectivity index (χ2v) is 5.79. The molecule has 1 N–H and O–H groups in total. The Hall–Kier alpha value is -0.880. The van der Waals surface area contributed by atoms with Crippen LogP contribution in [0.1, 0.15) is 18.1 Å². The molecule has 0 bridgehead atoms. The van der Waals surface area contributed by atoms with Crippen molar-refractivity contribution in [3.8, 4) is 0 Å². The Bertz CT molecular complexity index is 439. The van der Waals surface area contributed by atoms with Crippen molar-refractivity contribution in [1.29, 1.82) is 0 Å². The third-order valence-corrected chi connectivity index (χ3v) is 5.14. The van der Waals surface area contributed by atoms with Gasteiger partial charge in [-0.15, -0.1) is 0 Å². The Balaban J connectivity index is 1.94. The molecule has 0 radical (unpaired) electrons. The van der Waals surface area contributed by atoms with E-state index >= 15 is 0 Å². The van der Waals surface area contributed by atoms with Gasteiger partial charge < -0.3 is 4.42 Å². The standard InChI is InChI=1S/C8H10N2O3S/c11-14(12)8-5(2-10-14)1-6(8)7-3-9-4-13-7/h3-6,8,10H,1-2H2/t5-,6-,8+/m0/s1. The summed E-state index contributed by atoms with van der Waals surface area (Å²) in [6, 6.07) is 0. The molecule has 0 aromatic carbocycles. The SMILES string of the molecule is O=S1(=O)NC[C@@H]2C[C@@H](c3cnco3)[C@@H]21. The first kappa shape index (κ1) is 8.43. The molecule has 14 heavy (non-hydrogen) atoms. The summed E-state index contributed by atoms with van der Waals surface area (Å²) in [5.41, 5.74) is 0. The van der Waals surface area contributed by atoms with Gasteiger partial charge in [0, 0.05) is 12.5 Å². The van der Waals surface area contributed by atoms with E-state index in [0.717, 1.165) is 6.42 Å². The number of hydrogen-bond donors (Lipinski definition) is 1. The minimum Gasteiger partial charge on any atom is -0.448 e. The average Bonchev–Trinajstić information content (AvgIpc) is 2.59. The third kappa shape index (κ3) is 0.978. The van der Waals surface area contributed by atoms with Crippen molar-refractivity contribution in [2.24, 2.45) is 5.92 Å². The summed E-state index contributed by atoms with van der Waals surface area (Å²) in [7, 11) is -3.10. The predicted molar refractivity (Wildman–Crippen MR) is 48.1 cm³/mol. The van der Waals surface area contributed by atoms with E-state index in [2.05, 4.69) is 9.71 Å². The van der Waals surface area contributed by atoms with Gasteiger partial charge in [-0.1, -0.05) is 0 Å². The molecule has 3 atom stereocenters. The van der Waals surface area contributed by atoms with Crippen LogP contribution < -0.4 is 4.72 Å².